The van der Waals surface area contributed by atoms with Crippen LogP contribution in [0.5, 0.6) is 0 Å². The van der Waals surface area contributed by atoms with Crippen LogP contribution in [0.1, 0.15) is 24.3 Å². The Morgan fingerprint density at radius 1 is 1.33 bits per heavy atom. The van der Waals surface area contributed by atoms with Crippen LogP contribution in [0.3, 0.4) is 0 Å². The van der Waals surface area contributed by atoms with Crippen molar-refractivity contribution in [2.45, 2.75) is 25.0 Å². The molecule has 0 aliphatic carbocycles. The van der Waals surface area contributed by atoms with E-state index >= 15 is 0 Å². The molecule has 2 heterocycles. The highest BCUT2D eigenvalue weighted by Gasteiger charge is 2.15. The average molecular weight is 343 g/mol. The number of benzene rings is 1. The molecule has 0 saturated carbocycles. The van der Waals surface area contributed by atoms with Crippen molar-refractivity contribution in [3.05, 3.63) is 54.0 Å². The number of hydrogen-bond donors (Lipinski definition) is 1. The van der Waals surface area contributed by atoms with E-state index in [0.717, 1.165) is 17.0 Å². The summed E-state index contributed by atoms with van der Waals surface area (Å²) in [5.74, 6) is 0.832. The van der Waals surface area contributed by atoms with Gasteiger partial charge in [-0.3, -0.25) is 4.79 Å². The van der Waals surface area contributed by atoms with Crippen molar-refractivity contribution in [2.24, 2.45) is 0 Å². The molecule has 0 fully saturated rings. The molecular weight excluding hydrogens is 326 g/mol. The third kappa shape index (κ3) is 3.65. The number of tetrazole rings is 1. The van der Waals surface area contributed by atoms with Crippen molar-refractivity contribution in [1.82, 2.24) is 25.5 Å². The van der Waals surface area contributed by atoms with Gasteiger partial charge in [-0.05, 0) is 48.0 Å². The minimum absolute atomic E-state index is 0.108. The molecule has 1 N–H and O–H groups in total. The van der Waals surface area contributed by atoms with Gasteiger partial charge in [-0.15, -0.1) is 5.10 Å². The summed E-state index contributed by atoms with van der Waals surface area (Å²) in [7, 11) is 0. The summed E-state index contributed by atoms with van der Waals surface area (Å²) in [4.78, 5) is 12.1. The molecule has 0 unspecified atom stereocenters. The summed E-state index contributed by atoms with van der Waals surface area (Å²) in [6, 6.07) is 11.3. The summed E-state index contributed by atoms with van der Waals surface area (Å²) in [5.41, 5.74) is 1.96. The third-order valence-corrected chi connectivity index (χ3v) is 4.38. The summed E-state index contributed by atoms with van der Waals surface area (Å²) >= 11 is 1.29. The van der Waals surface area contributed by atoms with Gasteiger partial charge in [0, 0.05) is 0 Å². The highest BCUT2D eigenvalue weighted by atomic mass is 32.2. The zero-order valence-electron chi connectivity index (χ0n) is 13.3. The van der Waals surface area contributed by atoms with Gasteiger partial charge in [-0.25, -0.2) is 0 Å². The number of carbonyl (C=O) groups excluding carboxylic acids is 1. The first-order valence-corrected chi connectivity index (χ1v) is 8.43. The quantitative estimate of drug-likeness (QED) is 0.692. The fourth-order valence-corrected chi connectivity index (χ4v) is 2.94. The molecule has 1 amide bonds. The van der Waals surface area contributed by atoms with Crippen LogP contribution in [0.15, 0.2) is 52.2 Å². The van der Waals surface area contributed by atoms with E-state index in [-0.39, 0.29) is 17.7 Å². The zero-order valence-corrected chi connectivity index (χ0v) is 14.2. The van der Waals surface area contributed by atoms with Gasteiger partial charge in [-0.1, -0.05) is 30.0 Å². The van der Waals surface area contributed by atoms with Gasteiger partial charge in [0.1, 0.15) is 5.76 Å². The minimum Gasteiger partial charge on any atom is -0.467 e. The van der Waals surface area contributed by atoms with Gasteiger partial charge in [0.25, 0.3) is 0 Å². The lowest BCUT2D eigenvalue weighted by molar-refractivity contribution is -0.119. The number of nitrogens with zero attached hydrogens (tertiary/aromatic N) is 4. The Balaban J connectivity index is 1.63. The minimum atomic E-state index is -0.180. The van der Waals surface area contributed by atoms with Crippen LogP contribution in [0.4, 0.5) is 0 Å². The first kappa shape index (κ1) is 16.3. The van der Waals surface area contributed by atoms with Crippen LogP contribution in [-0.2, 0) is 4.79 Å². The fourth-order valence-electron chi connectivity index (χ4n) is 2.24. The third-order valence-electron chi connectivity index (χ3n) is 3.46. The molecule has 8 heteroatoms. The topological polar surface area (TPSA) is 85.8 Å². The summed E-state index contributed by atoms with van der Waals surface area (Å²) < 4.78 is 6.92. The Labute approximate surface area is 143 Å². The number of amides is 1. The predicted octanol–water partition coefficient (Wildman–Crippen LogP) is 2.53. The maximum atomic E-state index is 12.1. The van der Waals surface area contributed by atoms with Crippen molar-refractivity contribution in [1.29, 1.82) is 0 Å². The standard InChI is InChI=1S/C16H17N5O2S/c1-11-6-3-4-7-13(11)21-16(18-19-20-21)24-10-15(22)17-12(2)14-8-5-9-23-14/h3-9,12H,10H2,1-2H3,(H,17,22)/t12-/m1/s1. The summed E-state index contributed by atoms with van der Waals surface area (Å²) in [6.07, 6.45) is 1.59. The van der Waals surface area contributed by atoms with Gasteiger partial charge in [0.2, 0.25) is 11.1 Å². The van der Waals surface area contributed by atoms with Crippen LogP contribution in [0.25, 0.3) is 5.69 Å². The summed E-state index contributed by atoms with van der Waals surface area (Å²) in [6.45, 7) is 3.86. The molecule has 1 atom stereocenters. The van der Waals surface area contributed by atoms with E-state index in [1.54, 1.807) is 17.0 Å². The van der Waals surface area contributed by atoms with Crippen molar-refractivity contribution >= 4 is 17.7 Å². The van der Waals surface area contributed by atoms with E-state index in [0.29, 0.717) is 5.16 Å². The predicted molar refractivity (Wildman–Crippen MR) is 89.9 cm³/mol. The van der Waals surface area contributed by atoms with Gasteiger partial charge < -0.3 is 9.73 Å². The Kier molecular flexibility index (Phi) is 4.95. The van der Waals surface area contributed by atoms with Crippen LogP contribution >= 0.6 is 11.8 Å². The number of aromatic nitrogens is 4. The van der Waals surface area contributed by atoms with E-state index in [2.05, 4.69) is 20.8 Å². The first-order valence-electron chi connectivity index (χ1n) is 7.45. The Morgan fingerprint density at radius 2 is 2.17 bits per heavy atom. The zero-order chi connectivity index (χ0) is 16.9. The largest absolute Gasteiger partial charge is 0.467 e. The number of para-hydroxylation sites is 1. The number of aryl methyl sites for hydroxylation is 1. The maximum absolute atomic E-state index is 12.1. The average Bonchev–Trinajstić information content (AvgIpc) is 3.25. The molecular formula is C16H17N5O2S. The van der Waals surface area contributed by atoms with Gasteiger partial charge in [0.05, 0.1) is 23.7 Å². The number of furan rings is 1. The molecule has 0 aliphatic rings. The molecule has 3 aromatic rings. The monoisotopic (exact) mass is 343 g/mol. The molecule has 3 rings (SSSR count). The summed E-state index contributed by atoms with van der Waals surface area (Å²) in [5, 5.41) is 15.2. The van der Waals surface area contributed by atoms with E-state index in [4.69, 9.17) is 4.42 Å². The highest BCUT2D eigenvalue weighted by Crippen LogP contribution is 2.20. The Morgan fingerprint density at radius 3 is 2.92 bits per heavy atom. The van der Waals surface area contributed by atoms with Gasteiger partial charge in [-0.2, -0.15) is 4.68 Å². The number of thioether (sulfide) groups is 1. The smallest absolute Gasteiger partial charge is 0.231 e. The molecule has 7 nitrogen and oxygen atoms in total. The molecule has 0 aliphatic heterocycles. The molecule has 0 spiro atoms. The molecule has 0 saturated heterocycles. The SMILES string of the molecule is Cc1ccccc1-n1nnnc1SCC(=O)N[C@H](C)c1ccco1. The van der Waals surface area contributed by atoms with E-state index in [1.807, 2.05) is 44.2 Å². The lowest BCUT2D eigenvalue weighted by Gasteiger charge is -2.11. The van der Waals surface area contributed by atoms with Crippen molar-refractivity contribution in [3.8, 4) is 5.69 Å². The molecule has 124 valence electrons. The molecule has 1 aromatic carbocycles. The van der Waals surface area contributed by atoms with Crippen LogP contribution < -0.4 is 5.32 Å². The molecule has 0 bridgehead atoms. The normalized spacial score (nSPS) is 12.1. The van der Waals surface area contributed by atoms with Crippen LogP contribution in [0.2, 0.25) is 0 Å². The second-order valence-electron chi connectivity index (χ2n) is 5.25. The Bertz CT molecular complexity index is 816. The maximum Gasteiger partial charge on any atom is 0.231 e. The van der Waals surface area contributed by atoms with E-state index in [1.165, 1.54) is 11.8 Å². The van der Waals surface area contributed by atoms with Gasteiger partial charge >= 0.3 is 0 Å². The van der Waals surface area contributed by atoms with Crippen LogP contribution in [-0.4, -0.2) is 31.9 Å². The second-order valence-corrected chi connectivity index (χ2v) is 6.20. The number of carbonyl (C=O) groups is 1. The molecule has 0 radical (unpaired) electrons. The highest BCUT2D eigenvalue weighted by molar-refractivity contribution is 7.99. The van der Waals surface area contributed by atoms with E-state index < -0.39 is 0 Å². The van der Waals surface area contributed by atoms with E-state index in [9.17, 15) is 4.79 Å². The molecule has 24 heavy (non-hydrogen) atoms. The van der Waals surface area contributed by atoms with Crippen molar-refractivity contribution < 1.29 is 9.21 Å². The van der Waals surface area contributed by atoms with Crippen molar-refractivity contribution in [2.75, 3.05) is 5.75 Å². The number of hydrogen-bond acceptors (Lipinski definition) is 6. The fraction of sp³-hybridized carbons (Fsp3) is 0.250. The van der Waals surface area contributed by atoms with Crippen molar-refractivity contribution in [3.63, 3.8) is 0 Å². The van der Waals surface area contributed by atoms with Crippen LogP contribution in [0, 0.1) is 6.92 Å². The number of nitrogens with one attached hydrogen (secondary N) is 1. The molecule has 2 aromatic heterocycles. The second kappa shape index (κ2) is 7.31. The number of rotatable bonds is 6. The Hall–Kier alpha value is -2.61. The van der Waals surface area contributed by atoms with Gasteiger partial charge in [0.15, 0.2) is 0 Å². The first-order chi connectivity index (χ1) is 11.6. The lowest BCUT2D eigenvalue weighted by Crippen LogP contribution is -2.28. The lowest BCUT2D eigenvalue weighted by atomic mass is 10.2.